The summed E-state index contributed by atoms with van der Waals surface area (Å²) in [6.45, 7) is -0.0426. The fourth-order valence-corrected chi connectivity index (χ4v) is 2.42. The number of nitrogens with one attached hydrogen (secondary N) is 2. The van der Waals surface area contributed by atoms with Gasteiger partial charge in [-0.25, -0.2) is 10.5 Å². The molecule has 0 aromatic carbocycles. The molecule has 3 rings (SSSR count). The molecule has 120 valence electrons. The summed E-state index contributed by atoms with van der Waals surface area (Å²) in [5.41, 5.74) is 10.0. The average Bonchev–Trinajstić information content (AvgIpc) is 3.03. The van der Waals surface area contributed by atoms with Crippen LogP contribution >= 0.6 is 0 Å². The molecule has 1 atom stereocenters. The van der Waals surface area contributed by atoms with Crippen molar-refractivity contribution in [1.82, 2.24) is 15.2 Å². The van der Waals surface area contributed by atoms with Crippen LogP contribution in [0.25, 0.3) is 5.57 Å². The van der Waals surface area contributed by atoms with Crippen molar-refractivity contribution in [2.24, 2.45) is 10.3 Å². The van der Waals surface area contributed by atoms with Gasteiger partial charge in [0.2, 0.25) is 5.88 Å². The Bertz CT molecular complexity index is 831. The first-order valence-corrected chi connectivity index (χ1v) is 7.11. The predicted molar refractivity (Wildman–Crippen MR) is 88.0 cm³/mol. The highest BCUT2D eigenvalue weighted by Gasteiger charge is 2.24. The number of allylic oxidation sites excluding steroid dienone is 3. The number of nitrogens with zero attached hydrogens (tertiary/aromatic N) is 4. The van der Waals surface area contributed by atoms with E-state index in [1.807, 2.05) is 23.3 Å². The van der Waals surface area contributed by atoms with Crippen LogP contribution < -0.4 is 10.1 Å². The molecule has 0 spiro atoms. The number of hydrogen-bond acceptors (Lipinski definition) is 8. The van der Waals surface area contributed by atoms with Crippen LogP contribution in [0.15, 0.2) is 52.8 Å². The maximum Gasteiger partial charge on any atom is 0.241 e. The normalized spacial score (nSPS) is 17.7. The highest BCUT2D eigenvalue weighted by atomic mass is 16.5. The van der Waals surface area contributed by atoms with Gasteiger partial charge in [0.25, 0.3) is 0 Å². The highest BCUT2D eigenvalue weighted by Crippen LogP contribution is 2.31. The molecule has 24 heavy (non-hydrogen) atoms. The van der Waals surface area contributed by atoms with Gasteiger partial charge in [-0.15, -0.1) is 4.91 Å². The van der Waals surface area contributed by atoms with Gasteiger partial charge >= 0.3 is 0 Å². The molecule has 1 unspecified atom stereocenters. The van der Waals surface area contributed by atoms with Crippen molar-refractivity contribution in [3.63, 3.8) is 0 Å². The second-order valence-corrected chi connectivity index (χ2v) is 4.95. The molecular formula is C16H14N6O2. The monoisotopic (exact) mass is 322 g/mol. The third kappa shape index (κ3) is 2.87. The van der Waals surface area contributed by atoms with Gasteiger partial charge in [0.1, 0.15) is 24.1 Å². The first-order valence-electron chi connectivity index (χ1n) is 7.11. The van der Waals surface area contributed by atoms with Crippen LogP contribution in [0.5, 0.6) is 5.88 Å². The molecule has 2 aliphatic rings. The lowest BCUT2D eigenvalue weighted by Crippen LogP contribution is -2.32. The zero-order valence-electron chi connectivity index (χ0n) is 12.9. The minimum atomic E-state index is -0.0426. The van der Waals surface area contributed by atoms with Crippen molar-refractivity contribution in [2.45, 2.75) is 6.17 Å². The maximum absolute atomic E-state index is 10.1. The quantitative estimate of drug-likeness (QED) is 0.503. The Balaban J connectivity index is 1.90. The number of pyridine rings is 1. The molecule has 3 heterocycles. The number of ether oxygens (including phenoxy) is 1. The van der Waals surface area contributed by atoms with E-state index in [0.29, 0.717) is 11.6 Å². The van der Waals surface area contributed by atoms with Gasteiger partial charge in [-0.1, -0.05) is 17.2 Å². The zero-order valence-corrected chi connectivity index (χ0v) is 12.9. The van der Waals surface area contributed by atoms with Crippen LogP contribution in [0.2, 0.25) is 0 Å². The van der Waals surface area contributed by atoms with Crippen LogP contribution in [-0.4, -0.2) is 29.7 Å². The van der Waals surface area contributed by atoms with E-state index in [9.17, 15) is 4.91 Å². The van der Waals surface area contributed by atoms with E-state index >= 15 is 0 Å². The van der Waals surface area contributed by atoms with E-state index in [4.69, 9.17) is 10.3 Å². The summed E-state index contributed by atoms with van der Waals surface area (Å²) in [5, 5.41) is 9.36. The molecule has 0 amide bonds. The molecule has 0 fully saturated rings. The summed E-state index contributed by atoms with van der Waals surface area (Å²) >= 11 is 0. The highest BCUT2D eigenvalue weighted by molar-refractivity contribution is 5.77. The second kappa shape index (κ2) is 6.75. The molecule has 0 radical (unpaired) electrons. The summed E-state index contributed by atoms with van der Waals surface area (Å²) in [7, 11) is 1.49. The lowest BCUT2D eigenvalue weighted by Gasteiger charge is -2.26. The SMILES string of the molecule is COc1ncc(C2=CN3C(C#CCN=O)=CNC3C=C2)cc1N=N. The van der Waals surface area contributed by atoms with E-state index in [1.54, 1.807) is 18.5 Å². The summed E-state index contributed by atoms with van der Waals surface area (Å²) in [4.78, 5) is 16.3. The summed E-state index contributed by atoms with van der Waals surface area (Å²) in [6, 6.07) is 1.74. The Hall–Kier alpha value is -3.47. The van der Waals surface area contributed by atoms with Gasteiger partial charge in [-0.2, -0.15) is 5.11 Å². The van der Waals surface area contributed by atoms with Crippen molar-refractivity contribution >= 4 is 11.3 Å². The van der Waals surface area contributed by atoms with E-state index in [1.165, 1.54) is 7.11 Å². The van der Waals surface area contributed by atoms with Crippen LogP contribution in [0, 0.1) is 22.3 Å². The molecule has 1 aromatic rings. The Morgan fingerprint density at radius 2 is 2.42 bits per heavy atom. The molecule has 0 saturated heterocycles. The molecule has 8 heteroatoms. The minimum absolute atomic E-state index is 0.0196. The van der Waals surface area contributed by atoms with Crippen molar-refractivity contribution in [2.75, 3.05) is 13.7 Å². The number of fused-ring (bicyclic) bond motifs is 1. The molecular weight excluding hydrogens is 308 g/mol. The molecule has 0 aliphatic carbocycles. The fourth-order valence-electron chi connectivity index (χ4n) is 2.42. The van der Waals surface area contributed by atoms with Crippen molar-refractivity contribution < 1.29 is 4.74 Å². The van der Waals surface area contributed by atoms with Gasteiger partial charge in [0.05, 0.1) is 7.11 Å². The second-order valence-electron chi connectivity index (χ2n) is 4.95. The van der Waals surface area contributed by atoms with E-state index in [0.717, 1.165) is 16.8 Å². The number of aromatic nitrogens is 1. The van der Waals surface area contributed by atoms with Crippen molar-refractivity contribution in [3.05, 3.63) is 53.0 Å². The van der Waals surface area contributed by atoms with Crippen LogP contribution in [0.3, 0.4) is 0 Å². The lowest BCUT2D eigenvalue weighted by molar-refractivity contribution is 0.398. The van der Waals surface area contributed by atoms with Gasteiger partial charge in [-0.05, 0) is 23.6 Å². The first kappa shape index (κ1) is 15.4. The summed E-state index contributed by atoms with van der Waals surface area (Å²) in [6.07, 6.45) is 9.32. The molecule has 0 bridgehead atoms. The average molecular weight is 322 g/mol. The first-order chi connectivity index (χ1) is 11.8. The van der Waals surface area contributed by atoms with Gasteiger partial charge in [-0.3, -0.25) is 0 Å². The molecule has 1 aromatic heterocycles. The Labute approximate surface area is 138 Å². The molecule has 0 saturated carbocycles. The largest absolute Gasteiger partial charge is 0.479 e. The smallest absolute Gasteiger partial charge is 0.241 e. The lowest BCUT2D eigenvalue weighted by atomic mass is 10.1. The third-order valence-electron chi connectivity index (χ3n) is 3.54. The van der Waals surface area contributed by atoms with E-state index in [-0.39, 0.29) is 12.7 Å². The molecule has 2 N–H and O–H groups in total. The van der Waals surface area contributed by atoms with E-state index in [2.05, 4.69) is 32.4 Å². The molecule has 2 aliphatic heterocycles. The topological polar surface area (TPSA) is 103 Å². The zero-order chi connectivity index (χ0) is 16.9. The van der Waals surface area contributed by atoms with Crippen LogP contribution in [0.4, 0.5) is 5.69 Å². The number of hydrogen-bond donors (Lipinski definition) is 2. The van der Waals surface area contributed by atoms with Crippen molar-refractivity contribution in [3.8, 4) is 17.7 Å². The fraction of sp³-hybridized carbons (Fsp3) is 0.188. The van der Waals surface area contributed by atoms with E-state index < -0.39 is 0 Å². The minimum Gasteiger partial charge on any atom is -0.479 e. The van der Waals surface area contributed by atoms with Gasteiger partial charge in [0, 0.05) is 24.2 Å². The third-order valence-corrected chi connectivity index (χ3v) is 3.54. The number of rotatable bonds is 4. The standard InChI is InChI=1S/C16H14N6O2/c1-24-16-14(21-17)7-12(8-19-16)11-4-5-15-18-9-13(22(15)10-11)3-2-6-20-23/h4-5,7-10,15,17-18H,6H2,1H3. The van der Waals surface area contributed by atoms with Gasteiger partial charge in [0.15, 0.2) is 0 Å². The number of methoxy groups -OCH3 is 1. The van der Waals surface area contributed by atoms with Crippen LogP contribution in [-0.2, 0) is 0 Å². The van der Waals surface area contributed by atoms with Crippen molar-refractivity contribution in [1.29, 1.82) is 5.53 Å². The Kier molecular flexibility index (Phi) is 4.34. The Morgan fingerprint density at radius 3 is 3.17 bits per heavy atom. The van der Waals surface area contributed by atoms with Gasteiger partial charge < -0.3 is 15.0 Å². The maximum atomic E-state index is 10.1. The molecule has 8 nitrogen and oxygen atoms in total. The van der Waals surface area contributed by atoms with Crippen LogP contribution in [0.1, 0.15) is 5.56 Å². The predicted octanol–water partition coefficient (Wildman–Crippen LogP) is 2.51. The summed E-state index contributed by atoms with van der Waals surface area (Å²) in [5.74, 6) is 5.92. The number of nitroso groups, excluding NO2 is 1. The summed E-state index contributed by atoms with van der Waals surface area (Å²) < 4.78 is 5.08. The Morgan fingerprint density at radius 1 is 1.54 bits per heavy atom.